The van der Waals surface area contributed by atoms with Gasteiger partial charge in [0.25, 0.3) is 5.91 Å². The number of para-hydroxylation sites is 1. The molecule has 4 aliphatic heterocycles. The lowest BCUT2D eigenvalue weighted by Gasteiger charge is -2.44. The number of piperidine rings is 2. The Bertz CT molecular complexity index is 2190. The third-order valence-electron chi connectivity index (χ3n) is 13.1. The number of aromatic amines is 1. The molecular weight excluding hydrogens is 677 g/mol. The van der Waals surface area contributed by atoms with Crippen molar-refractivity contribution in [1.29, 1.82) is 0 Å². The Balaban J connectivity index is 0.798. The third kappa shape index (κ3) is 5.85. The van der Waals surface area contributed by atoms with E-state index in [0.717, 1.165) is 110 Å². The first kappa shape index (κ1) is 34.9. The number of carbonyl (C=O) groups excluding carboxylic acids is 4. The summed E-state index contributed by atoms with van der Waals surface area (Å²) < 4.78 is 0. The van der Waals surface area contributed by atoms with Crippen LogP contribution in [0.5, 0.6) is 0 Å². The molecule has 2 N–H and O–H groups in total. The number of fused-ring (bicyclic) bond motifs is 5. The number of H-pyrrole nitrogens is 1. The van der Waals surface area contributed by atoms with Gasteiger partial charge in [-0.1, -0.05) is 51.1 Å². The highest BCUT2D eigenvalue weighted by molar-refractivity contribution is 6.20. The van der Waals surface area contributed by atoms with Gasteiger partial charge >= 0.3 is 0 Å². The molecule has 10 heteroatoms. The molecule has 9 rings (SSSR count). The number of hydrogen-bond acceptors (Lipinski definition) is 7. The summed E-state index contributed by atoms with van der Waals surface area (Å²) in [7, 11) is 0. The molecule has 5 heterocycles. The summed E-state index contributed by atoms with van der Waals surface area (Å²) in [5.74, 6) is -0.619. The number of ketones is 1. The molecule has 3 saturated heterocycles. The zero-order chi connectivity index (χ0) is 37.3. The second-order valence-electron chi connectivity index (χ2n) is 16.5. The van der Waals surface area contributed by atoms with E-state index >= 15 is 0 Å². The predicted molar refractivity (Wildman–Crippen MR) is 209 cm³/mol. The van der Waals surface area contributed by atoms with E-state index < -0.39 is 6.04 Å². The number of hydrogen-bond donors (Lipinski definition) is 2. The van der Waals surface area contributed by atoms with E-state index in [1.165, 1.54) is 16.8 Å². The smallest absolute Gasteiger partial charge is 0.255 e. The van der Waals surface area contributed by atoms with Crippen LogP contribution in [-0.2, 0) is 34.4 Å². The highest BCUT2D eigenvalue weighted by Crippen LogP contribution is 2.46. The van der Waals surface area contributed by atoms with Gasteiger partial charge < -0.3 is 19.7 Å². The van der Waals surface area contributed by atoms with Gasteiger partial charge in [-0.25, -0.2) is 0 Å². The number of nitrogens with zero attached hydrogens (tertiary/aromatic N) is 4. The topological polar surface area (TPSA) is 109 Å². The van der Waals surface area contributed by atoms with Crippen molar-refractivity contribution in [3.05, 3.63) is 99.2 Å². The van der Waals surface area contributed by atoms with Crippen LogP contribution in [0.2, 0.25) is 0 Å². The number of benzene rings is 3. The maximum Gasteiger partial charge on any atom is 0.255 e. The Morgan fingerprint density at radius 3 is 2.39 bits per heavy atom. The fourth-order valence-corrected chi connectivity index (χ4v) is 9.93. The zero-order valence-corrected chi connectivity index (χ0v) is 31.7. The van der Waals surface area contributed by atoms with Crippen LogP contribution in [0.1, 0.15) is 101 Å². The molecule has 10 nitrogen and oxygen atoms in total. The normalized spacial score (nSPS) is 22.1. The highest BCUT2D eigenvalue weighted by atomic mass is 16.2. The van der Waals surface area contributed by atoms with Crippen LogP contribution < -0.4 is 10.2 Å². The molecule has 54 heavy (non-hydrogen) atoms. The van der Waals surface area contributed by atoms with Crippen LogP contribution in [-0.4, -0.2) is 101 Å². The van der Waals surface area contributed by atoms with E-state index in [-0.39, 0.29) is 35.3 Å². The maximum atomic E-state index is 14.0. The van der Waals surface area contributed by atoms with Crippen molar-refractivity contribution in [3.8, 4) is 0 Å². The lowest BCUT2D eigenvalue weighted by Crippen LogP contribution is -2.53. The number of rotatable bonds is 7. The van der Waals surface area contributed by atoms with E-state index in [4.69, 9.17) is 0 Å². The average molecular weight is 727 g/mol. The minimum atomic E-state index is -0.582. The molecule has 0 spiro atoms. The third-order valence-corrected chi connectivity index (χ3v) is 13.1. The van der Waals surface area contributed by atoms with Crippen LogP contribution in [0.25, 0.3) is 10.9 Å². The molecule has 0 radical (unpaired) electrons. The summed E-state index contributed by atoms with van der Waals surface area (Å²) in [6.07, 6.45) is 4.73. The van der Waals surface area contributed by atoms with Crippen LogP contribution in [0.3, 0.4) is 0 Å². The van der Waals surface area contributed by atoms with E-state index in [9.17, 15) is 19.2 Å². The highest BCUT2D eigenvalue weighted by Gasteiger charge is 2.42. The number of anilines is 1. The molecule has 1 aromatic heterocycles. The molecule has 1 unspecified atom stereocenters. The molecule has 3 amide bonds. The number of amides is 3. The van der Waals surface area contributed by atoms with Crippen LogP contribution in [0.15, 0.2) is 54.6 Å². The number of aromatic nitrogens is 1. The molecule has 1 aliphatic carbocycles. The fourth-order valence-electron chi connectivity index (χ4n) is 9.93. The number of carbonyl (C=O) groups is 4. The summed E-state index contributed by atoms with van der Waals surface area (Å²) in [5, 5.41) is 3.40. The Hall–Kier alpha value is -4.80. The first-order valence-electron chi connectivity index (χ1n) is 19.9. The van der Waals surface area contributed by atoms with Gasteiger partial charge in [-0.15, -0.1) is 0 Å². The minimum Gasteiger partial charge on any atom is -0.371 e. The summed E-state index contributed by atoms with van der Waals surface area (Å²) in [5.41, 5.74) is 9.96. The van der Waals surface area contributed by atoms with Gasteiger partial charge in [-0.05, 0) is 78.6 Å². The SMILES string of the molecule is CCc1cc2c(cc1N1CCC(N3CCN(CCc4ccc5c(c4)CN(C4CCC(=O)NC4=O)C5=O)CC3)CC1)C(C)(C)c1[nH]c3ccccc3c1C2=O. The summed E-state index contributed by atoms with van der Waals surface area (Å²) >= 11 is 0. The second kappa shape index (κ2) is 13.5. The van der Waals surface area contributed by atoms with Crippen molar-refractivity contribution in [3.63, 3.8) is 0 Å². The van der Waals surface area contributed by atoms with Crippen LogP contribution in [0.4, 0.5) is 5.69 Å². The monoisotopic (exact) mass is 726 g/mol. The molecule has 0 bridgehead atoms. The van der Waals surface area contributed by atoms with Gasteiger partial charge in [0.2, 0.25) is 11.8 Å². The Morgan fingerprint density at radius 2 is 1.63 bits per heavy atom. The molecule has 0 saturated carbocycles. The van der Waals surface area contributed by atoms with E-state index in [2.05, 4.69) is 82.2 Å². The first-order chi connectivity index (χ1) is 26.1. The molecule has 3 fully saturated rings. The van der Waals surface area contributed by atoms with E-state index in [1.807, 2.05) is 18.2 Å². The zero-order valence-electron chi connectivity index (χ0n) is 31.7. The summed E-state index contributed by atoms with van der Waals surface area (Å²) in [6, 6.07) is 18.8. The molecule has 1 atom stereocenters. The molecule has 4 aromatic rings. The van der Waals surface area contributed by atoms with Crippen molar-refractivity contribution in [2.45, 2.75) is 83.3 Å². The summed E-state index contributed by atoms with van der Waals surface area (Å²) in [6.45, 7) is 14.4. The standard InChI is InChI=1S/C44H50N6O4/c1-4-28-24-33-34(44(2,3)41-39(40(33)52)32-7-5-6-8-35(32)45-41)25-37(28)49-17-14-30(15-18-49)48-21-19-47(20-22-48)16-13-27-9-10-31-29(23-27)26-50(43(31)54)36-11-12-38(51)46-42(36)53/h5-10,23-25,30,36,45H,4,11-22,26H2,1-3H3,(H,46,51,53). The summed E-state index contributed by atoms with van der Waals surface area (Å²) in [4.78, 5) is 64.3. The molecule has 3 aromatic carbocycles. The average Bonchev–Trinajstić information content (AvgIpc) is 3.74. The van der Waals surface area contributed by atoms with Gasteiger partial charge in [0, 0.05) is 104 Å². The first-order valence-corrected chi connectivity index (χ1v) is 19.9. The number of piperazine rings is 1. The Labute approximate surface area is 316 Å². The van der Waals surface area contributed by atoms with Gasteiger partial charge in [-0.2, -0.15) is 0 Å². The predicted octanol–water partition coefficient (Wildman–Crippen LogP) is 5.19. The van der Waals surface area contributed by atoms with Gasteiger partial charge in [0.05, 0.1) is 5.56 Å². The van der Waals surface area contributed by atoms with Gasteiger partial charge in [0.15, 0.2) is 5.78 Å². The second-order valence-corrected chi connectivity index (χ2v) is 16.5. The number of aryl methyl sites for hydroxylation is 1. The van der Waals surface area contributed by atoms with E-state index in [1.54, 1.807) is 4.90 Å². The van der Waals surface area contributed by atoms with E-state index in [0.29, 0.717) is 24.6 Å². The Kier molecular flexibility index (Phi) is 8.73. The van der Waals surface area contributed by atoms with Gasteiger partial charge in [0.1, 0.15) is 6.04 Å². The quantitative estimate of drug-likeness (QED) is 0.253. The van der Waals surface area contributed by atoms with Crippen LogP contribution in [0, 0.1) is 0 Å². The van der Waals surface area contributed by atoms with Crippen molar-refractivity contribution in [2.75, 3.05) is 50.7 Å². The maximum absolute atomic E-state index is 14.0. The largest absolute Gasteiger partial charge is 0.371 e. The fraction of sp³-hybridized carbons (Fsp3) is 0.455. The minimum absolute atomic E-state index is 0.119. The van der Waals surface area contributed by atoms with Crippen molar-refractivity contribution in [2.24, 2.45) is 0 Å². The molecule has 280 valence electrons. The number of nitrogens with one attached hydrogen (secondary N) is 2. The van der Waals surface area contributed by atoms with Crippen molar-refractivity contribution < 1.29 is 19.2 Å². The molecule has 5 aliphatic rings. The van der Waals surface area contributed by atoms with Crippen molar-refractivity contribution in [1.82, 2.24) is 25.0 Å². The lowest BCUT2D eigenvalue weighted by molar-refractivity contribution is -0.136. The van der Waals surface area contributed by atoms with Crippen molar-refractivity contribution >= 4 is 40.1 Å². The van der Waals surface area contributed by atoms with Gasteiger partial charge in [-0.3, -0.25) is 29.4 Å². The molecular formula is C44H50N6O4. The number of imide groups is 1. The van der Waals surface area contributed by atoms with Crippen LogP contribution >= 0.6 is 0 Å². The lowest BCUT2D eigenvalue weighted by atomic mass is 9.70. The Morgan fingerprint density at radius 1 is 0.852 bits per heavy atom.